The van der Waals surface area contributed by atoms with Crippen LogP contribution in [0.15, 0.2) is 22.7 Å². The molecule has 0 saturated heterocycles. The van der Waals surface area contributed by atoms with Crippen LogP contribution in [0, 0.1) is 6.92 Å². The molecule has 17 heavy (non-hydrogen) atoms. The molecule has 2 rings (SSSR count). The average molecular weight is 317 g/mol. The normalized spacial score (nSPS) is 17.4. The number of halogens is 2. The second-order valence-electron chi connectivity index (χ2n) is 4.70. The summed E-state index contributed by atoms with van der Waals surface area (Å²) in [5.74, 6) is 0.444. The number of amides is 1. The Morgan fingerprint density at radius 3 is 2.71 bits per heavy atom. The Balaban J connectivity index is 2.14. The summed E-state index contributed by atoms with van der Waals surface area (Å²) in [7, 11) is 0. The molecule has 2 nitrogen and oxygen atoms in total. The van der Waals surface area contributed by atoms with E-state index >= 15 is 0 Å². The first-order chi connectivity index (χ1) is 8.06. The van der Waals surface area contributed by atoms with E-state index in [4.69, 9.17) is 11.6 Å². The van der Waals surface area contributed by atoms with E-state index in [1.165, 1.54) is 0 Å². The van der Waals surface area contributed by atoms with Crippen molar-refractivity contribution in [2.75, 3.05) is 5.88 Å². The number of carbonyl (C=O) groups is 1. The number of aryl methyl sites for hydroxylation is 1. The molecule has 0 radical (unpaired) electrons. The molecule has 1 amide bonds. The summed E-state index contributed by atoms with van der Waals surface area (Å²) in [5, 5.41) is 3.06. The minimum absolute atomic E-state index is 0.0442. The molecule has 92 valence electrons. The highest BCUT2D eigenvalue weighted by Crippen LogP contribution is 2.33. The van der Waals surface area contributed by atoms with Crippen LogP contribution in [0.25, 0.3) is 0 Å². The van der Waals surface area contributed by atoms with Crippen molar-refractivity contribution >= 4 is 33.4 Å². The van der Waals surface area contributed by atoms with Crippen molar-refractivity contribution in [3.8, 4) is 0 Å². The first-order valence-electron chi connectivity index (χ1n) is 5.71. The number of alkyl halides is 1. The molecule has 0 heterocycles. The van der Waals surface area contributed by atoms with Gasteiger partial charge in [-0.2, -0.15) is 0 Å². The van der Waals surface area contributed by atoms with Crippen molar-refractivity contribution < 1.29 is 4.79 Å². The lowest BCUT2D eigenvalue weighted by molar-refractivity contribution is 0.0853. The molecule has 4 heteroatoms. The summed E-state index contributed by atoms with van der Waals surface area (Å²) in [6.45, 7) is 2.00. The largest absolute Gasteiger partial charge is 0.345 e. The highest BCUT2D eigenvalue weighted by molar-refractivity contribution is 9.10. The fourth-order valence-electron chi connectivity index (χ4n) is 2.01. The van der Waals surface area contributed by atoms with Crippen LogP contribution in [0.2, 0.25) is 0 Å². The molecule has 1 N–H and O–H groups in total. The molecule has 0 aliphatic heterocycles. The van der Waals surface area contributed by atoms with Gasteiger partial charge in [0.25, 0.3) is 5.91 Å². The molecule has 1 fully saturated rings. The fourth-order valence-corrected chi connectivity index (χ4v) is 3.02. The van der Waals surface area contributed by atoms with Gasteiger partial charge in [-0.05, 0) is 59.8 Å². The van der Waals surface area contributed by atoms with Gasteiger partial charge in [-0.25, -0.2) is 0 Å². The van der Waals surface area contributed by atoms with E-state index in [-0.39, 0.29) is 11.4 Å². The van der Waals surface area contributed by atoms with E-state index < -0.39 is 0 Å². The van der Waals surface area contributed by atoms with Crippen LogP contribution in [0.3, 0.4) is 0 Å². The van der Waals surface area contributed by atoms with Gasteiger partial charge in [0.2, 0.25) is 0 Å². The third-order valence-corrected chi connectivity index (χ3v) is 4.48. The third-order valence-electron chi connectivity index (χ3n) is 3.31. The van der Waals surface area contributed by atoms with Crippen LogP contribution in [-0.2, 0) is 0 Å². The summed E-state index contributed by atoms with van der Waals surface area (Å²) in [5.41, 5.74) is 1.62. The quantitative estimate of drug-likeness (QED) is 0.847. The predicted octanol–water partition coefficient (Wildman–Crippen LogP) is 3.65. The Morgan fingerprint density at radius 1 is 1.53 bits per heavy atom. The predicted molar refractivity (Wildman–Crippen MR) is 73.6 cm³/mol. The van der Waals surface area contributed by atoms with Crippen molar-refractivity contribution in [1.82, 2.24) is 5.32 Å². The lowest BCUT2D eigenvalue weighted by Crippen LogP contribution is -2.55. The fraction of sp³-hybridized carbons (Fsp3) is 0.462. The Bertz CT molecular complexity index is 438. The van der Waals surface area contributed by atoms with Crippen LogP contribution in [0.5, 0.6) is 0 Å². The van der Waals surface area contributed by atoms with E-state index in [0.717, 1.165) is 29.3 Å². The molecule has 1 saturated carbocycles. The average Bonchev–Trinajstić information content (AvgIpc) is 2.23. The smallest absolute Gasteiger partial charge is 0.252 e. The zero-order valence-corrected chi connectivity index (χ0v) is 12.1. The number of benzene rings is 1. The summed E-state index contributed by atoms with van der Waals surface area (Å²) in [6.07, 6.45) is 3.10. The van der Waals surface area contributed by atoms with Gasteiger partial charge in [0.05, 0.1) is 11.1 Å². The highest BCUT2D eigenvalue weighted by Gasteiger charge is 2.37. The van der Waals surface area contributed by atoms with Gasteiger partial charge < -0.3 is 5.32 Å². The summed E-state index contributed by atoms with van der Waals surface area (Å²) in [4.78, 5) is 12.1. The van der Waals surface area contributed by atoms with Gasteiger partial charge in [0.15, 0.2) is 0 Å². The highest BCUT2D eigenvalue weighted by atomic mass is 79.9. The number of carbonyl (C=O) groups excluding carboxylic acids is 1. The second kappa shape index (κ2) is 4.99. The van der Waals surface area contributed by atoms with Gasteiger partial charge in [-0.15, -0.1) is 11.6 Å². The van der Waals surface area contributed by atoms with Gasteiger partial charge in [0.1, 0.15) is 0 Å². The lowest BCUT2D eigenvalue weighted by Gasteiger charge is -2.41. The molecule has 0 bridgehead atoms. The van der Waals surface area contributed by atoms with Gasteiger partial charge in [-0.3, -0.25) is 4.79 Å². The SMILES string of the molecule is Cc1ccc(C(=O)NC2(CCl)CCC2)c(Br)c1. The topological polar surface area (TPSA) is 29.1 Å². The molecule has 1 aliphatic carbocycles. The van der Waals surface area contributed by atoms with E-state index in [2.05, 4.69) is 21.2 Å². The van der Waals surface area contributed by atoms with E-state index in [1.54, 1.807) is 0 Å². The molecule has 1 aliphatic rings. The van der Waals surface area contributed by atoms with E-state index in [1.807, 2.05) is 25.1 Å². The van der Waals surface area contributed by atoms with E-state index in [9.17, 15) is 4.79 Å². The van der Waals surface area contributed by atoms with Crippen molar-refractivity contribution in [1.29, 1.82) is 0 Å². The number of hydrogen-bond acceptors (Lipinski definition) is 1. The molecule has 0 spiro atoms. The maximum absolute atomic E-state index is 12.1. The van der Waals surface area contributed by atoms with Crippen LogP contribution in [-0.4, -0.2) is 17.3 Å². The second-order valence-corrected chi connectivity index (χ2v) is 5.83. The molecule has 0 atom stereocenters. The Hall–Kier alpha value is -0.540. The molecular formula is C13H15BrClNO. The van der Waals surface area contributed by atoms with Crippen LogP contribution >= 0.6 is 27.5 Å². The summed E-state index contributed by atoms with van der Waals surface area (Å²) >= 11 is 9.35. The molecule has 1 aromatic rings. The molecule has 1 aromatic carbocycles. The van der Waals surface area contributed by atoms with Crippen LogP contribution in [0.1, 0.15) is 35.2 Å². The van der Waals surface area contributed by atoms with Crippen molar-refractivity contribution in [3.05, 3.63) is 33.8 Å². The first kappa shape index (κ1) is 12.9. The zero-order valence-electron chi connectivity index (χ0n) is 9.72. The van der Waals surface area contributed by atoms with E-state index in [0.29, 0.717) is 11.4 Å². The van der Waals surface area contributed by atoms with Crippen LogP contribution in [0.4, 0.5) is 0 Å². The van der Waals surface area contributed by atoms with Crippen molar-refractivity contribution in [3.63, 3.8) is 0 Å². The maximum Gasteiger partial charge on any atom is 0.252 e. The standard InChI is InChI=1S/C13H15BrClNO/c1-9-3-4-10(11(14)7-9)12(17)16-13(8-15)5-2-6-13/h3-4,7H,2,5-6,8H2,1H3,(H,16,17). The maximum atomic E-state index is 12.1. The third kappa shape index (κ3) is 2.66. The molecular weight excluding hydrogens is 302 g/mol. The van der Waals surface area contributed by atoms with Gasteiger partial charge in [-0.1, -0.05) is 6.07 Å². The summed E-state index contributed by atoms with van der Waals surface area (Å²) in [6, 6.07) is 5.73. The van der Waals surface area contributed by atoms with Gasteiger partial charge in [0, 0.05) is 10.4 Å². The number of hydrogen-bond donors (Lipinski definition) is 1. The minimum Gasteiger partial charge on any atom is -0.345 e. The lowest BCUT2D eigenvalue weighted by atomic mass is 9.78. The Kier molecular flexibility index (Phi) is 3.79. The van der Waals surface area contributed by atoms with Crippen molar-refractivity contribution in [2.24, 2.45) is 0 Å². The molecule has 0 aromatic heterocycles. The Labute approximate surface area is 115 Å². The van der Waals surface area contributed by atoms with Gasteiger partial charge >= 0.3 is 0 Å². The number of rotatable bonds is 3. The first-order valence-corrected chi connectivity index (χ1v) is 7.04. The van der Waals surface area contributed by atoms with Crippen molar-refractivity contribution in [2.45, 2.75) is 31.7 Å². The number of nitrogens with one attached hydrogen (secondary N) is 1. The monoisotopic (exact) mass is 315 g/mol. The minimum atomic E-state index is -0.178. The van der Waals surface area contributed by atoms with Crippen LogP contribution < -0.4 is 5.32 Å². The summed E-state index contributed by atoms with van der Waals surface area (Å²) < 4.78 is 0.832. The Morgan fingerprint density at radius 2 is 2.24 bits per heavy atom. The zero-order chi connectivity index (χ0) is 12.5. The molecule has 0 unspecified atom stereocenters.